The van der Waals surface area contributed by atoms with Gasteiger partial charge in [0, 0.05) is 23.2 Å². The molecule has 0 saturated carbocycles. The Balaban J connectivity index is 1.94. The Hall–Kier alpha value is -3.30. The predicted molar refractivity (Wildman–Crippen MR) is 129 cm³/mol. The number of primary amides is 1. The molecule has 1 aromatic heterocycles. The van der Waals surface area contributed by atoms with Crippen molar-refractivity contribution in [3.8, 4) is 0 Å². The van der Waals surface area contributed by atoms with Gasteiger partial charge in [-0.2, -0.15) is 0 Å². The third-order valence-electron chi connectivity index (χ3n) is 6.18. The molecular weight excluding hydrogens is 493 g/mol. The zero-order chi connectivity index (χ0) is 25.5. The average Bonchev–Trinajstić information content (AvgIpc) is 3.20. The van der Waals surface area contributed by atoms with Crippen molar-refractivity contribution < 1.29 is 22.4 Å². The number of hydrogen-bond acceptors (Lipinski definition) is 5. The van der Waals surface area contributed by atoms with E-state index in [1.165, 1.54) is 41.4 Å². The topological polar surface area (TPSA) is 110 Å². The number of sulfone groups is 1. The van der Waals surface area contributed by atoms with Crippen LogP contribution in [0.3, 0.4) is 0 Å². The normalized spacial score (nSPS) is 15.9. The number of halogens is 2. The predicted octanol–water partition coefficient (Wildman–Crippen LogP) is 3.94. The number of amides is 2. The molecule has 1 aliphatic rings. The summed E-state index contributed by atoms with van der Waals surface area (Å²) in [6, 6.07) is 9.65. The van der Waals surface area contributed by atoms with E-state index in [1.807, 2.05) is 0 Å². The molecule has 35 heavy (non-hydrogen) atoms. The SMILES string of the molecule is Cc1ncccc1C(=O)N([C@@H]1CCc2c(F)cc(Cl)cc21)[C@@H](C(N)=O)c1cccc(S(C)(=O)=O)c1. The summed E-state index contributed by atoms with van der Waals surface area (Å²) in [6.07, 6.45) is 3.24. The number of aryl methyl sites for hydroxylation is 1. The van der Waals surface area contributed by atoms with Gasteiger partial charge in [-0.15, -0.1) is 0 Å². The maximum absolute atomic E-state index is 14.7. The van der Waals surface area contributed by atoms with Gasteiger partial charge in [-0.05, 0) is 72.9 Å². The Labute approximate surface area is 207 Å². The first kappa shape index (κ1) is 24.8. The highest BCUT2D eigenvalue weighted by atomic mass is 35.5. The minimum absolute atomic E-state index is 0.0212. The Morgan fingerprint density at radius 1 is 1.20 bits per heavy atom. The summed E-state index contributed by atoms with van der Waals surface area (Å²) in [5.74, 6) is -1.89. The quantitative estimate of drug-likeness (QED) is 0.534. The van der Waals surface area contributed by atoms with Crippen molar-refractivity contribution in [1.82, 2.24) is 9.88 Å². The zero-order valence-corrected chi connectivity index (χ0v) is 20.6. The fraction of sp³-hybridized carbons (Fsp3) is 0.240. The van der Waals surface area contributed by atoms with Gasteiger partial charge in [0.1, 0.15) is 11.9 Å². The summed E-state index contributed by atoms with van der Waals surface area (Å²) in [6.45, 7) is 1.66. The van der Waals surface area contributed by atoms with Gasteiger partial charge in [0.2, 0.25) is 5.91 Å². The van der Waals surface area contributed by atoms with E-state index in [-0.39, 0.29) is 21.0 Å². The number of pyridine rings is 1. The second-order valence-corrected chi connectivity index (χ2v) is 11.0. The number of hydrogen-bond donors (Lipinski definition) is 1. The van der Waals surface area contributed by atoms with Crippen LogP contribution in [-0.4, -0.2) is 36.4 Å². The van der Waals surface area contributed by atoms with Crippen LogP contribution in [0.15, 0.2) is 59.6 Å². The van der Waals surface area contributed by atoms with E-state index >= 15 is 0 Å². The average molecular weight is 516 g/mol. The Morgan fingerprint density at radius 2 is 1.94 bits per heavy atom. The molecule has 1 aliphatic carbocycles. The lowest BCUT2D eigenvalue weighted by Crippen LogP contribution is -2.43. The lowest BCUT2D eigenvalue weighted by Gasteiger charge is -2.36. The number of nitrogens with two attached hydrogens (primary N) is 1. The first-order valence-corrected chi connectivity index (χ1v) is 13.1. The lowest BCUT2D eigenvalue weighted by molar-refractivity contribution is -0.123. The molecule has 0 radical (unpaired) electrons. The molecule has 0 saturated heterocycles. The standard InChI is InChI=1S/C25H23ClFN3O4S/c1-14-18(7-4-10-29-14)25(32)30(22-9-8-19-20(22)12-16(26)13-21(19)27)23(24(28)31)15-5-3-6-17(11-15)35(2,33)34/h3-7,10-13,22-23H,8-9H2,1-2H3,(H2,28,31)/t22-,23-/m1/s1. The zero-order valence-electron chi connectivity index (χ0n) is 19.0. The Kier molecular flexibility index (Phi) is 6.66. The molecule has 10 heteroatoms. The minimum Gasteiger partial charge on any atom is -0.368 e. The first-order chi connectivity index (χ1) is 16.5. The van der Waals surface area contributed by atoms with E-state index in [1.54, 1.807) is 25.1 Å². The van der Waals surface area contributed by atoms with Gasteiger partial charge in [-0.25, -0.2) is 12.8 Å². The van der Waals surface area contributed by atoms with E-state index in [4.69, 9.17) is 17.3 Å². The first-order valence-electron chi connectivity index (χ1n) is 10.8. The van der Waals surface area contributed by atoms with Crippen molar-refractivity contribution in [3.05, 3.63) is 93.5 Å². The van der Waals surface area contributed by atoms with Crippen LogP contribution in [0.5, 0.6) is 0 Å². The molecule has 182 valence electrons. The number of fused-ring (bicyclic) bond motifs is 1. The van der Waals surface area contributed by atoms with Crippen LogP contribution >= 0.6 is 11.6 Å². The van der Waals surface area contributed by atoms with Crippen molar-refractivity contribution >= 4 is 33.3 Å². The maximum atomic E-state index is 14.7. The van der Waals surface area contributed by atoms with Gasteiger partial charge in [-0.3, -0.25) is 14.6 Å². The van der Waals surface area contributed by atoms with Crippen LogP contribution in [0.4, 0.5) is 4.39 Å². The van der Waals surface area contributed by atoms with Gasteiger partial charge < -0.3 is 10.6 Å². The lowest BCUT2D eigenvalue weighted by atomic mass is 9.97. The number of carbonyl (C=O) groups is 2. The van der Waals surface area contributed by atoms with E-state index in [0.717, 1.165) is 6.26 Å². The van der Waals surface area contributed by atoms with Gasteiger partial charge in [0.15, 0.2) is 9.84 Å². The molecular formula is C25H23ClFN3O4S. The minimum atomic E-state index is -3.60. The van der Waals surface area contributed by atoms with E-state index < -0.39 is 39.6 Å². The summed E-state index contributed by atoms with van der Waals surface area (Å²) >= 11 is 6.14. The van der Waals surface area contributed by atoms with Crippen molar-refractivity contribution in [2.75, 3.05) is 6.26 Å². The summed E-state index contributed by atoms with van der Waals surface area (Å²) < 4.78 is 39.0. The number of aromatic nitrogens is 1. The fourth-order valence-corrected chi connectivity index (χ4v) is 5.46. The highest BCUT2D eigenvalue weighted by Gasteiger charge is 2.41. The number of rotatable bonds is 6. The molecule has 2 aromatic carbocycles. The van der Waals surface area contributed by atoms with Crippen molar-refractivity contribution in [2.24, 2.45) is 5.73 Å². The van der Waals surface area contributed by atoms with Crippen LogP contribution in [-0.2, 0) is 21.1 Å². The monoisotopic (exact) mass is 515 g/mol. The highest BCUT2D eigenvalue weighted by molar-refractivity contribution is 7.90. The molecule has 3 aromatic rings. The van der Waals surface area contributed by atoms with Crippen molar-refractivity contribution in [3.63, 3.8) is 0 Å². The van der Waals surface area contributed by atoms with Crippen LogP contribution in [0, 0.1) is 12.7 Å². The number of nitrogens with zero attached hydrogens (tertiary/aromatic N) is 2. The van der Waals surface area contributed by atoms with Crippen molar-refractivity contribution in [1.29, 1.82) is 0 Å². The Morgan fingerprint density at radius 3 is 2.60 bits per heavy atom. The molecule has 2 amide bonds. The van der Waals surface area contributed by atoms with Gasteiger partial charge >= 0.3 is 0 Å². The summed E-state index contributed by atoms with van der Waals surface area (Å²) in [4.78, 5) is 32.3. The molecule has 0 unspecified atom stereocenters. The summed E-state index contributed by atoms with van der Waals surface area (Å²) in [5, 5.41) is 0.160. The summed E-state index contributed by atoms with van der Waals surface area (Å²) in [7, 11) is -3.60. The molecule has 7 nitrogen and oxygen atoms in total. The largest absolute Gasteiger partial charge is 0.368 e. The maximum Gasteiger partial charge on any atom is 0.257 e. The van der Waals surface area contributed by atoms with Gasteiger partial charge in [-0.1, -0.05) is 23.7 Å². The van der Waals surface area contributed by atoms with Crippen LogP contribution in [0.1, 0.15) is 51.2 Å². The summed E-state index contributed by atoms with van der Waals surface area (Å²) in [5.41, 5.74) is 7.63. The molecule has 0 bridgehead atoms. The fourth-order valence-electron chi connectivity index (χ4n) is 4.58. The molecule has 1 heterocycles. The van der Waals surface area contributed by atoms with Gasteiger partial charge in [0.05, 0.1) is 16.5 Å². The Bertz CT molecular complexity index is 1440. The molecule has 2 atom stereocenters. The van der Waals surface area contributed by atoms with Crippen LogP contribution in [0.2, 0.25) is 5.02 Å². The third-order valence-corrected chi connectivity index (χ3v) is 7.51. The third kappa shape index (κ3) is 4.78. The molecule has 4 rings (SSSR count). The molecule has 0 fully saturated rings. The van der Waals surface area contributed by atoms with Gasteiger partial charge in [0.25, 0.3) is 5.91 Å². The molecule has 0 spiro atoms. The smallest absolute Gasteiger partial charge is 0.257 e. The van der Waals surface area contributed by atoms with Crippen molar-refractivity contribution in [2.45, 2.75) is 36.7 Å². The van der Waals surface area contributed by atoms with E-state index in [2.05, 4.69) is 4.98 Å². The van der Waals surface area contributed by atoms with E-state index in [0.29, 0.717) is 29.7 Å². The second kappa shape index (κ2) is 9.39. The molecule has 0 aliphatic heterocycles. The highest BCUT2D eigenvalue weighted by Crippen LogP contribution is 2.43. The van der Waals surface area contributed by atoms with Crippen LogP contribution < -0.4 is 5.73 Å². The second-order valence-electron chi connectivity index (χ2n) is 8.51. The number of benzene rings is 2. The number of carbonyl (C=O) groups excluding carboxylic acids is 2. The van der Waals surface area contributed by atoms with E-state index in [9.17, 15) is 22.4 Å². The molecule has 2 N–H and O–H groups in total. The van der Waals surface area contributed by atoms with Crippen LogP contribution in [0.25, 0.3) is 0 Å².